The van der Waals surface area contributed by atoms with E-state index in [1.54, 1.807) is 0 Å². The Labute approximate surface area is 75.7 Å². The molecule has 1 heterocycles. The first-order valence-electron chi connectivity index (χ1n) is 5.01. The Morgan fingerprint density at radius 3 is 2.83 bits per heavy atom. The molecule has 12 heavy (non-hydrogen) atoms. The number of hydrogen-bond donors (Lipinski definition) is 1. The van der Waals surface area contributed by atoms with Crippen molar-refractivity contribution in [2.24, 2.45) is 0 Å². The van der Waals surface area contributed by atoms with E-state index >= 15 is 0 Å². The smallest absolute Gasteiger partial charge is 0.0641 e. The second-order valence-electron chi connectivity index (χ2n) is 4.25. The van der Waals surface area contributed by atoms with Gasteiger partial charge in [0.2, 0.25) is 0 Å². The van der Waals surface area contributed by atoms with Gasteiger partial charge in [-0.25, -0.2) is 0 Å². The maximum atomic E-state index is 5.64. The van der Waals surface area contributed by atoms with Crippen molar-refractivity contribution in [3.8, 4) is 0 Å². The molecule has 0 bridgehead atoms. The minimum Gasteiger partial charge on any atom is -0.375 e. The highest BCUT2D eigenvalue weighted by atomic mass is 16.5. The van der Waals surface area contributed by atoms with Crippen LogP contribution in [0.15, 0.2) is 0 Å². The molecule has 1 fully saturated rings. The maximum Gasteiger partial charge on any atom is 0.0641 e. The summed E-state index contributed by atoms with van der Waals surface area (Å²) in [5, 5.41) is 3.55. The molecule has 2 heteroatoms. The average Bonchev–Trinajstić information content (AvgIpc) is 1.99. The summed E-state index contributed by atoms with van der Waals surface area (Å²) in [6, 6.07) is 0.675. The van der Waals surface area contributed by atoms with Crippen molar-refractivity contribution in [3.63, 3.8) is 0 Å². The molecule has 0 aromatic rings. The van der Waals surface area contributed by atoms with E-state index in [0.717, 1.165) is 19.6 Å². The molecular formula is C10H21NO. The standard InChI is InChI=1S/C10H21NO/c1-4-6-11-9-5-7-12-10(2,3)8-9/h9,11H,4-8H2,1-3H3. The molecule has 1 N–H and O–H groups in total. The number of ether oxygens (including phenoxy) is 1. The van der Waals surface area contributed by atoms with E-state index in [2.05, 4.69) is 26.1 Å². The van der Waals surface area contributed by atoms with Gasteiger partial charge in [0.15, 0.2) is 0 Å². The molecule has 72 valence electrons. The minimum atomic E-state index is 0.0870. The number of nitrogens with one attached hydrogen (secondary N) is 1. The van der Waals surface area contributed by atoms with E-state index in [1.165, 1.54) is 12.8 Å². The Morgan fingerprint density at radius 2 is 2.25 bits per heavy atom. The summed E-state index contributed by atoms with van der Waals surface area (Å²) in [4.78, 5) is 0. The molecule has 1 aliphatic rings. The van der Waals surface area contributed by atoms with Gasteiger partial charge in [0.25, 0.3) is 0 Å². The van der Waals surface area contributed by atoms with Gasteiger partial charge in [-0.15, -0.1) is 0 Å². The van der Waals surface area contributed by atoms with Crippen molar-refractivity contribution in [2.45, 2.75) is 51.7 Å². The zero-order chi connectivity index (χ0) is 9.03. The van der Waals surface area contributed by atoms with Gasteiger partial charge in [0.05, 0.1) is 5.60 Å². The molecular weight excluding hydrogens is 150 g/mol. The number of rotatable bonds is 3. The largest absolute Gasteiger partial charge is 0.375 e. The van der Waals surface area contributed by atoms with Crippen molar-refractivity contribution in [1.29, 1.82) is 0 Å². The lowest BCUT2D eigenvalue weighted by atomic mass is 9.94. The SMILES string of the molecule is CCCNC1CCOC(C)(C)C1. The molecule has 0 radical (unpaired) electrons. The second-order valence-corrected chi connectivity index (χ2v) is 4.25. The zero-order valence-corrected chi connectivity index (χ0v) is 8.52. The van der Waals surface area contributed by atoms with E-state index in [0.29, 0.717) is 6.04 Å². The van der Waals surface area contributed by atoms with Gasteiger partial charge < -0.3 is 10.1 Å². The summed E-state index contributed by atoms with van der Waals surface area (Å²) in [6.07, 6.45) is 3.54. The van der Waals surface area contributed by atoms with Crippen LogP contribution in [-0.2, 0) is 4.74 Å². The van der Waals surface area contributed by atoms with Gasteiger partial charge in [-0.2, -0.15) is 0 Å². The predicted octanol–water partition coefficient (Wildman–Crippen LogP) is 1.94. The Bertz CT molecular complexity index is 134. The van der Waals surface area contributed by atoms with Crippen LogP contribution >= 0.6 is 0 Å². The quantitative estimate of drug-likeness (QED) is 0.700. The van der Waals surface area contributed by atoms with Crippen LogP contribution in [0.5, 0.6) is 0 Å². The van der Waals surface area contributed by atoms with Crippen molar-refractivity contribution in [3.05, 3.63) is 0 Å². The van der Waals surface area contributed by atoms with Crippen LogP contribution in [0.4, 0.5) is 0 Å². The Kier molecular flexibility index (Phi) is 3.53. The van der Waals surface area contributed by atoms with Crippen LogP contribution in [0.2, 0.25) is 0 Å². The third kappa shape index (κ3) is 3.11. The average molecular weight is 171 g/mol. The van der Waals surface area contributed by atoms with Crippen LogP contribution in [-0.4, -0.2) is 24.8 Å². The summed E-state index contributed by atoms with van der Waals surface area (Å²) < 4.78 is 5.64. The normalized spacial score (nSPS) is 28.8. The van der Waals surface area contributed by atoms with Crippen LogP contribution in [0.25, 0.3) is 0 Å². The Balaban J connectivity index is 2.26. The fourth-order valence-electron chi connectivity index (χ4n) is 1.75. The summed E-state index contributed by atoms with van der Waals surface area (Å²) in [6.45, 7) is 8.60. The van der Waals surface area contributed by atoms with Crippen LogP contribution < -0.4 is 5.32 Å². The molecule has 0 aromatic carbocycles. The fraction of sp³-hybridized carbons (Fsp3) is 1.00. The third-order valence-corrected chi connectivity index (χ3v) is 2.38. The van der Waals surface area contributed by atoms with Gasteiger partial charge in [-0.1, -0.05) is 6.92 Å². The first kappa shape index (κ1) is 10.0. The van der Waals surface area contributed by atoms with Gasteiger partial charge in [0.1, 0.15) is 0 Å². The van der Waals surface area contributed by atoms with Crippen molar-refractivity contribution in [1.82, 2.24) is 5.32 Å². The molecule has 0 amide bonds. The van der Waals surface area contributed by atoms with E-state index in [9.17, 15) is 0 Å². The molecule has 1 rings (SSSR count). The summed E-state index contributed by atoms with van der Waals surface area (Å²) in [5.41, 5.74) is 0.0870. The summed E-state index contributed by atoms with van der Waals surface area (Å²) >= 11 is 0. The molecule has 1 saturated heterocycles. The highest BCUT2D eigenvalue weighted by Crippen LogP contribution is 2.23. The second kappa shape index (κ2) is 4.24. The lowest BCUT2D eigenvalue weighted by Gasteiger charge is -2.35. The van der Waals surface area contributed by atoms with E-state index in [1.807, 2.05) is 0 Å². The fourth-order valence-corrected chi connectivity index (χ4v) is 1.75. The summed E-state index contributed by atoms with van der Waals surface area (Å²) in [5.74, 6) is 0. The van der Waals surface area contributed by atoms with Gasteiger partial charge >= 0.3 is 0 Å². The first-order valence-corrected chi connectivity index (χ1v) is 5.01. The molecule has 0 aromatic heterocycles. The van der Waals surface area contributed by atoms with Crippen LogP contribution in [0.3, 0.4) is 0 Å². The van der Waals surface area contributed by atoms with Gasteiger partial charge in [-0.05, 0) is 39.7 Å². The molecule has 1 unspecified atom stereocenters. The third-order valence-electron chi connectivity index (χ3n) is 2.38. The predicted molar refractivity (Wildman–Crippen MR) is 51.3 cm³/mol. The maximum absolute atomic E-state index is 5.64. The van der Waals surface area contributed by atoms with Crippen molar-refractivity contribution < 1.29 is 4.74 Å². The molecule has 2 nitrogen and oxygen atoms in total. The molecule has 0 saturated carbocycles. The molecule has 1 aliphatic heterocycles. The highest BCUT2D eigenvalue weighted by Gasteiger charge is 2.27. The molecule has 0 spiro atoms. The monoisotopic (exact) mass is 171 g/mol. The van der Waals surface area contributed by atoms with Crippen LogP contribution in [0.1, 0.15) is 40.0 Å². The van der Waals surface area contributed by atoms with Crippen molar-refractivity contribution in [2.75, 3.05) is 13.2 Å². The molecule has 0 aliphatic carbocycles. The Hall–Kier alpha value is -0.0800. The first-order chi connectivity index (χ1) is 5.64. The minimum absolute atomic E-state index is 0.0870. The highest BCUT2D eigenvalue weighted by molar-refractivity contribution is 4.82. The van der Waals surface area contributed by atoms with Crippen LogP contribution in [0, 0.1) is 0 Å². The zero-order valence-electron chi connectivity index (χ0n) is 8.52. The summed E-state index contributed by atoms with van der Waals surface area (Å²) in [7, 11) is 0. The van der Waals surface area contributed by atoms with Crippen molar-refractivity contribution >= 4 is 0 Å². The Morgan fingerprint density at radius 1 is 1.50 bits per heavy atom. The number of hydrogen-bond acceptors (Lipinski definition) is 2. The lowest BCUT2D eigenvalue weighted by Crippen LogP contribution is -2.43. The van der Waals surface area contributed by atoms with E-state index < -0.39 is 0 Å². The van der Waals surface area contributed by atoms with Gasteiger partial charge in [0, 0.05) is 12.6 Å². The molecule has 1 atom stereocenters. The van der Waals surface area contributed by atoms with Gasteiger partial charge in [-0.3, -0.25) is 0 Å². The topological polar surface area (TPSA) is 21.3 Å². The van der Waals surface area contributed by atoms with E-state index in [4.69, 9.17) is 4.74 Å². The lowest BCUT2D eigenvalue weighted by molar-refractivity contribution is -0.0627. The van der Waals surface area contributed by atoms with E-state index in [-0.39, 0.29) is 5.60 Å².